The third-order valence-corrected chi connectivity index (χ3v) is 4.85. The zero-order valence-electron chi connectivity index (χ0n) is 15.7. The monoisotopic (exact) mass is 434 g/mol. The summed E-state index contributed by atoms with van der Waals surface area (Å²) in [6.07, 6.45) is -5.89. The normalized spacial score (nSPS) is 23.7. The van der Waals surface area contributed by atoms with Crippen LogP contribution in [0.3, 0.4) is 0 Å². The quantitative estimate of drug-likeness (QED) is 0.296. The highest BCUT2D eigenvalue weighted by atomic mass is 16.7. The van der Waals surface area contributed by atoms with Gasteiger partial charge in [0.15, 0.2) is 17.3 Å². The van der Waals surface area contributed by atoms with E-state index in [9.17, 15) is 40.5 Å². The fraction of sp³-hybridized carbons (Fsp3) is 0.250. The molecule has 0 spiro atoms. The van der Waals surface area contributed by atoms with Crippen molar-refractivity contribution in [3.63, 3.8) is 0 Å². The summed E-state index contributed by atoms with van der Waals surface area (Å²) in [5, 5.41) is 68.9. The zero-order chi connectivity index (χ0) is 22.4. The summed E-state index contributed by atoms with van der Waals surface area (Å²) in [6.45, 7) is -0.323. The highest BCUT2D eigenvalue weighted by Crippen LogP contribution is 2.38. The molecule has 2 aromatic carbocycles. The Kier molecular flexibility index (Phi) is 5.11. The van der Waals surface area contributed by atoms with Crippen LogP contribution in [0.25, 0.3) is 22.3 Å². The number of aliphatic hydroxyl groups excluding tert-OH is 3. The van der Waals surface area contributed by atoms with Crippen LogP contribution in [-0.4, -0.2) is 67.0 Å². The summed E-state index contributed by atoms with van der Waals surface area (Å²) < 4.78 is 16.0. The lowest BCUT2D eigenvalue weighted by molar-refractivity contribution is -0.242. The Morgan fingerprint density at radius 3 is 2.42 bits per heavy atom. The van der Waals surface area contributed by atoms with E-state index >= 15 is 0 Å². The molecule has 31 heavy (non-hydrogen) atoms. The van der Waals surface area contributed by atoms with Gasteiger partial charge in [0.25, 0.3) is 0 Å². The number of phenolic OH excluding ortho intramolecular Hbond substituents is 3. The Hall–Kier alpha value is -3.51. The maximum atomic E-state index is 12.5. The van der Waals surface area contributed by atoms with E-state index in [0.29, 0.717) is 0 Å². The summed E-state index contributed by atoms with van der Waals surface area (Å²) in [5.41, 5.74) is -1.08. The number of fused-ring (bicyclic) bond motifs is 1. The van der Waals surface area contributed by atoms with Crippen LogP contribution < -0.4 is 10.2 Å². The zero-order valence-corrected chi connectivity index (χ0v) is 15.7. The molecule has 0 amide bonds. The Morgan fingerprint density at radius 2 is 1.68 bits per heavy atom. The number of hydrogen-bond donors (Lipinski definition) is 7. The molecule has 11 heteroatoms. The van der Waals surface area contributed by atoms with Crippen LogP contribution in [0, 0.1) is 0 Å². The molecule has 2 heterocycles. The SMILES string of the molecule is O=c1c(O)c(-c2ccc(O)c(O[C@H]3OC[C@@H](O)[C@H](O)[C@H]3O)c2)oc2cc(O)cc(O)c12. The first-order valence-corrected chi connectivity index (χ1v) is 9.05. The van der Waals surface area contributed by atoms with Gasteiger partial charge in [-0.15, -0.1) is 0 Å². The number of rotatable bonds is 3. The molecule has 0 aliphatic carbocycles. The third-order valence-electron chi connectivity index (χ3n) is 4.85. The van der Waals surface area contributed by atoms with Gasteiger partial charge in [0.2, 0.25) is 17.5 Å². The Balaban J connectivity index is 1.76. The Bertz CT molecular complexity index is 1200. The van der Waals surface area contributed by atoms with Gasteiger partial charge in [0.1, 0.15) is 40.8 Å². The maximum Gasteiger partial charge on any atom is 0.238 e. The van der Waals surface area contributed by atoms with Crippen molar-refractivity contribution in [1.29, 1.82) is 0 Å². The van der Waals surface area contributed by atoms with Gasteiger partial charge in [-0.2, -0.15) is 0 Å². The highest BCUT2D eigenvalue weighted by Gasteiger charge is 2.39. The van der Waals surface area contributed by atoms with Crippen molar-refractivity contribution in [2.24, 2.45) is 0 Å². The van der Waals surface area contributed by atoms with E-state index in [1.165, 1.54) is 12.1 Å². The van der Waals surface area contributed by atoms with E-state index < -0.39 is 47.3 Å². The van der Waals surface area contributed by atoms with Crippen LogP contribution in [0.4, 0.5) is 0 Å². The Labute approximate surface area is 173 Å². The minimum atomic E-state index is -1.62. The minimum absolute atomic E-state index is 0.0676. The van der Waals surface area contributed by atoms with Crippen molar-refractivity contribution >= 4 is 11.0 Å². The standard InChI is InChI=1S/C20H18O11/c21-8-4-10(23)14-13(5-8)30-19(17(27)16(14)26)7-1-2-9(22)12(3-7)31-20-18(28)15(25)11(24)6-29-20/h1-5,11,15,18,20-25,27-28H,6H2/t11-,15+,18-,20-/m1/s1. The molecular formula is C20H18O11. The van der Waals surface area contributed by atoms with Gasteiger partial charge in [-0.05, 0) is 18.2 Å². The van der Waals surface area contributed by atoms with E-state index in [-0.39, 0.29) is 40.4 Å². The van der Waals surface area contributed by atoms with Crippen molar-refractivity contribution in [1.82, 2.24) is 0 Å². The van der Waals surface area contributed by atoms with Crippen molar-refractivity contribution in [2.45, 2.75) is 24.6 Å². The molecule has 1 aliphatic rings. The van der Waals surface area contributed by atoms with E-state index in [1.807, 2.05) is 0 Å². The molecular weight excluding hydrogens is 416 g/mol. The van der Waals surface area contributed by atoms with E-state index in [1.54, 1.807) is 0 Å². The lowest BCUT2D eigenvalue weighted by Crippen LogP contribution is -2.54. The molecule has 1 fully saturated rings. The Morgan fingerprint density at radius 1 is 0.935 bits per heavy atom. The number of aromatic hydroxyl groups is 4. The largest absolute Gasteiger partial charge is 0.508 e. The first-order valence-electron chi connectivity index (χ1n) is 9.05. The average Bonchev–Trinajstić information content (AvgIpc) is 2.72. The molecule has 0 unspecified atom stereocenters. The predicted octanol–water partition coefficient (Wildman–Crippen LogP) is 0.100. The molecule has 4 rings (SSSR count). The third kappa shape index (κ3) is 3.59. The average molecular weight is 434 g/mol. The molecule has 3 aromatic rings. The lowest BCUT2D eigenvalue weighted by atomic mass is 10.1. The van der Waals surface area contributed by atoms with E-state index in [2.05, 4.69) is 0 Å². The van der Waals surface area contributed by atoms with Crippen LogP contribution in [0.1, 0.15) is 0 Å². The second-order valence-electron chi connectivity index (χ2n) is 7.00. The first kappa shape index (κ1) is 20.8. The van der Waals surface area contributed by atoms with E-state index in [0.717, 1.165) is 18.2 Å². The number of benzene rings is 2. The number of hydrogen-bond acceptors (Lipinski definition) is 11. The molecule has 11 nitrogen and oxygen atoms in total. The van der Waals surface area contributed by atoms with Crippen molar-refractivity contribution < 1.29 is 49.6 Å². The lowest BCUT2D eigenvalue weighted by Gasteiger charge is -2.35. The van der Waals surface area contributed by atoms with Gasteiger partial charge >= 0.3 is 0 Å². The minimum Gasteiger partial charge on any atom is -0.508 e. The highest BCUT2D eigenvalue weighted by molar-refractivity contribution is 5.88. The van der Waals surface area contributed by atoms with Crippen molar-refractivity contribution in [3.05, 3.63) is 40.6 Å². The molecule has 0 radical (unpaired) electrons. The van der Waals surface area contributed by atoms with Crippen LogP contribution in [0.5, 0.6) is 28.7 Å². The summed E-state index contributed by atoms with van der Waals surface area (Å²) in [4.78, 5) is 12.5. The summed E-state index contributed by atoms with van der Waals surface area (Å²) >= 11 is 0. The summed E-state index contributed by atoms with van der Waals surface area (Å²) in [7, 11) is 0. The fourth-order valence-electron chi connectivity index (χ4n) is 3.23. The maximum absolute atomic E-state index is 12.5. The van der Waals surface area contributed by atoms with Crippen LogP contribution in [0.15, 0.2) is 39.5 Å². The van der Waals surface area contributed by atoms with Crippen molar-refractivity contribution in [3.8, 4) is 40.1 Å². The van der Waals surface area contributed by atoms with Crippen molar-refractivity contribution in [2.75, 3.05) is 6.61 Å². The van der Waals surface area contributed by atoms with Gasteiger partial charge < -0.3 is 49.6 Å². The molecule has 164 valence electrons. The first-order chi connectivity index (χ1) is 14.7. The summed E-state index contributed by atoms with van der Waals surface area (Å²) in [5.74, 6) is -2.76. The molecule has 1 saturated heterocycles. The summed E-state index contributed by atoms with van der Waals surface area (Å²) in [6, 6.07) is 5.64. The van der Waals surface area contributed by atoms with Gasteiger partial charge in [0.05, 0.1) is 6.61 Å². The number of ether oxygens (including phenoxy) is 2. The molecule has 7 N–H and O–H groups in total. The van der Waals surface area contributed by atoms with Crippen LogP contribution in [-0.2, 0) is 4.74 Å². The fourth-order valence-corrected chi connectivity index (χ4v) is 3.23. The van der Waals surface area contributed by atoms with Gasteiger partial charge in [0, 0.05) is 17.7 Å². The van der Waals surface area contributed by atoms with Crippen LogP contribution >= 0.6 is 0 Å². The molecule has 0 saturated carbocycles. The second kappa shape index (κ2) is 7.63. The van der Waals surface area contributed by atoms with Crippen LogP contribution in [0.2, 0.25) is 0 Å². The molecule has 4 atom stereocenters. The number of aliphatic hydroxyl groups is 3. The van der Waals surface area contributed by atoms with Gasteiger partial charge in [-0.25, -0.2) is 0 Å². The molecule has 1 aromatic heterocycles. The smallest absolute Gasteiger partial charge is 0.238 e. The second-order valence-corrected chi connectivity index (χ2v) is 7.00. The van der Waals surface area contributed by atoms with E-state index in [4.69, 9.17) is 13.9 Å². The molecule has 1 aliphatic heterocycles. The topological polar surface area (TPSA) is 190 Å². The van der Waals surface area contributed by atoms with Gasteiger partial charge in [-0.3, -0.25) is 4.79 Å². The number of phenols is 3. The van der Waals surface area contributed by atoms with Gasteiger partial charge in [-0.1, -0.05) is 0 Å². The molecule has 0 bridgehead atoms. The predicted molar refractivity (Wildman–Crippen MR) is 103 cm³/mol.